The van der Waals surface area contributed by atoms with Gasteiger partial charge in [-0.2, -0.15) is 13.2 Å². The van der Waals surface area contributed by atoms with Gasteiger partial charge in [0, 0.05) is 19.7 Å². The SMILES string of the molecule is O=C1NCC(c2ccc(C(F)(F)F)cc2)N1CCCO. The van der Waals surface area contributed by atoms with Gasteiger partial charge < -0.3 is 15.3 Å². The Labute approximate surface area is 114 Å². The average Bonchev–Trinajstić information content (AvgIpc) is 2.77. The summed E-state index contributed by atoms with van der Waals surface area (Å²) in [6, 6.07) is 4.25. The van der Waals surface area contributed by atoms with Gasteiger partial charge in [0.1, 0.15) is 0 Å². The third-order valence-electron chi connectivity index (χ3n) is 3.26. The maximum absolute atomic E-state index is 12.5. The second-order valence-corrected chi connectivity index (χ2v) is 4.59. The van der Waals surface area contributed by atoms with Crippen LogP contribution >= 0.6 is 0 Å². The lowest BCUT2D eigenvalue weighted by molar-refractivity contribution is -0.137. The topological polar surface area (TPSA) is 52.6 Å². The number of carbonyl (C=O) groups is 1. The van der Waals surface area contributed by atoms with Crippen molar-refractivity contribution in [1.82, 2.24) is 10.2 Å². The van der Waals surface area contributed by atoms with Gasteiger partial charge in [0.15, 0.2) is 0 Å². The van der Waals surface area contributed by atoms with Crippen LogP contribution in [-0.4, -0.2) is 35.7 Å². The maximum Gasteiger partial charge on any atom is 0.416 e. The van der Waals surface area contributed by atoms with Crippen LogP contribution in [-0.2, 0) is 6.18 Å². The molecule has 1 atom stereocenters. The zero-order chi connectivity index (χ0) is 14.8. The van der Waals surface area contributed by atoms with Crippen LogP contribution in [0.2, 0.25) is 0 Å². The van der Waals surface area contributed by atoms with E-state index in [1.165, 1.54) is 17.0 Å². The number of halogens is 3. The van der Waals surface area contributed by atoms with E-state index >= 15 is 0 Å². The van der Waals surface area contributed by atoms with Gasteiger partial charge in [-0.1, -0.05) is 12.1 Å². The summed E-state index contributed by atoms with van der Waals surface area (Å²) in [7, 11) is 0. The van der Waals surface area contributed by atoms with Crippen LogP contribution in [0, 0.1) is 0 Å². The van der Waals surface area contributed by atoms with Gasteiger partial charge in [-0.25, -0.2) is 4.79 Å². The molecule has 1 unspecified atom stereocenters. The molecule has 1 saturated heterocycles. The molecule has 1 aliphatic rings. The van der Waals surface area contributed by atoms with Crippen molar-refractivity contribution in [3.63, 3.8) is 0 Å². The molecule has 0 aliphatic carbocycles. The Balaban J connectivity index is 2.16. The normalized spacial score (nSPS) is 19.3. The van der Waals surface area contributed by atoms with Crippen molar-refractivity contribution in [2.75, 3.05) is 19.7 Å². The highest BCUT2D eigenvalue weighted by atomic mass is 19.4. The molecule has 20 heavy (non-hydrogen) atoms. The van der Waals surface area contributed by atoms with Gasteiger partial charge in [0.05, 0.1) is 11.6 Å². The van der Waals surface area contributed by atoms with E-state index in [-0.39, 0.29) is 18.7 Å². The number of benzene rings is 1. The fourth-order valence-corrected chi connectivity index (χ4v) is 2.23. The molecule has 1 heterocycles. The molecule has 7 heteroatoms. The van der Waals surface area contributed by atoms with E-state index in [2.05, 4.69) is 5.32 Å². The van der Waals surface area contributed by atoms with Crippen LogP contribution in [0.1, 0.15) is 23.6 Å². The van der Waals surface area contributed by atoms with Gasteiger partial charge in [0.2, 0.25) is 0 Å². The molecule has 0 saturated carbocycles. The lowest BCUT2D eigenvalue weighted by Crippen LogP contribution is -2.31. The van der Waals surface area contributed by atoms with Gasteiger partial charge in [0.25, 0.3) is 0 Å². The van der Waals surface area contributed by atoms with Gasteiger partial charge in [-0.15, -0.1) is 0 Å². The summed E-state index contributed by atoms with van der Waals surface area (Å²) in [6.45, 7) is 0.688. The van der Waals surface area contributed by atoms with Crippen molar-refractivity contribution >= 4 is 6.03 Å². The highest BCUT2D eigenvalue weighted by Crippen LogP contribution is 2.31. The Hall–Kier alpha value is -1.76. The van der Waals surface area contributed by atoms with Crippen molar-refractivity contribution in [2.24, 2.45) is 0 Å². The van der Waals surface area contributed by atoms with Gasteiger partial charge in [-0.05, 0) is 24.1 Å². The number of aliphatic hydroxyl groups excluding tert-OH is 1. The molecule has 1 aliphatic heterocycles. The number of aliphatic hydroxyl groups is 1. The van der Waals surface area contributed by atoms with Crippen molar-refractivity contribution in [2.45, 2.75) is 18.6 Å². The standard InChI is InChI=1S/C13H15F3N2O2/c14-13(15,16)10-4-2-9(3-5-10)11-8-17-12(20)18(11)6-1-7-19/h2-5,11,19H,1,6-8H2,(H,17,20). The van der Waals surface area contributed by atoms with Crippen molar-refractivity contribution in [1.29, 1.82) is 0 Å². The number of rotatable bonds is 4. The Morgan fingerprint density at radius 1 is 1.30 bits per heavy atom. The van der Waals surface area contributed by atoms with Crippen LogP contribution in [0.5, 0.6) is 0 Å². The minimum absolute atomic E-state index is 0.0382. The van der Waals surface area contributed by atoms with Crippen LogP contribution in [0.4, 0.5) is 18.0 Å². The maximum atomic E-state index is 12.5. The van der Waals surface area contributed by atoms with E-state index in [0.29, 0.717) is 25.1 Å². The lowest BCUT2D eigenvalue weighted by Gasteiger charge is -2.23. The molecule has 0 radical (unpaired) electrons. The van der Waals surface area contributed by atoms with Crippen LogP contribution in [0.3, 0.4) is 0 Å². The van der Waals surface area contributed by atoms with E-state index in [1.807, 2.05) is 0 Å². The number of nitrogens with one attached hydrogen (secondary N) is 1. The van der Waals surface area contributed by atoms with Crippen LogP contribution < -0.4 is 5.32 Å². The van der Waals surface area contributed by atoms with E-state index in [9.17, 15) is 18.0 Å². The zero-order valence-corrected chi connectivity index (χ0v) is 10.7. The first-order valence-corrected chi connectivity index (χ1v) is 6.26. The van der Waals surface area contributed by atoms with E-state index in [4.69, 9.17) is 5.11 Å². The lowest BCUT2D eigenvalue weighted by atomic mass is 10.0. The molecule has 2 rings (SSSR count). The largest absolute Gasteiger partial charge is 0.416 e. The Morgan fingerprint density at radius 3 is 2.50 bits per heavy atom. The van der Waals surface area contributed by atoms with Crippen LogP contribution in [0.15, 0.2) is 24.3 Å². The molecule has 1 aromatic rings. The number of hydrogen-bond donors (Lipinski definition) is 2. The summed E-state index contributed by atoms with van der Waals surface area (Å²) in [5, 5.41) is 11.5. The molecule has 1 fully saturated rings. The summed E-state index contributed by atoms with van der Waals surface area (Å²) in [5.74, 6) is 0. The number of amides is 2. The third kappa shape index (κ3) is 3.04. The quantitative estimate of drug-likeness (QED) is 0.892. The Kier molecular flexibility index (Phi) is 4.17. The van der Waals surface area contributed by atoms with Crippen molar-refractivity contribution < 1.29 is 23.1 Å². The number of nitrogens with zero attached hydrogens (tertiary/aromatic N) is 1. The Morgan fingerprint density at radius 2 is 1.95 bits per heavy atom. The summed E-state index contributed by atoms with van der Waals surface area (Å²) in [5.41, 5.74) is -0.0604. The summed E-state index contributed by atoms with van der Waals surface area (Å²) < 4.78 is 37.5. The number of hydrogen-bond acceptors (Lipinski definition) is 2. The molecular weight excluding hydrogens is 273 g/mol. The van der Waals surface area contributed by atoms with E-state index in [0.717, 1.165) is 12.1 Å². The molecule has 110 valence electrons. The van der Waals surface area contributed by atoms with Crippen molar-refractivity contribution in [3.05, 3.63) is 35.4 Å². The van der Waals surface area contributed by atoms with Crippen LogP contribution in [0.25, 0.3) is 0 Å². The molecule has 0 spiro atoms. The minimum Gasteiger partial charge on any atom is -0.396 e. The minimum atomic E-state index is -4.36. The molecule has 0 aromatic heterocycles. The van der Waals surface area contributed by atoms with Gasteiger partial charge >= 0.3 is 12.2 Å². The highest BCUT2D eigenvalue weighted by molar-refractivity contribution is 5.77. The summed E-state index contributed by atoms with van der Waals surface area (Å²) in [6.07, 6.45) is -3.93. The summed E-state index contributed by atoms with van der Waals surface area (Å²) >= 11 is 0. The average molecular weight is 288 g/mol. The first-order chi connectivity index (χ1) is 9.43. The Bertz CT molecular complexity index is 473. The molecule has 1 aromatic carbocycles. The molecular formula is C13H15F3N2O2. The first-order valence-electron chi connectivity index (χ1n) is 6.26. The predicted octanol–water partition coefficient (Wildman–Crippen LogP) is 2.15. The molecule has 0 bridgehead atoms. The third-order valence-corrected chi connectivity index (χ3v) is 3.26. The second-order valence-electron chi connectivity index (χ2n) is 4.59. The second kappa shape index (κ2) is 5.70. The molecule has 4 nitrogen and oxygen atoms in total. The summed E-state index contributed by atoms with van der Waals surface area (Å²) in [4.78, 5) is 13.2. The number of carbonyl (C=O) groups excluding carboxylic acids is 1. The monoisotopic (exact) mass is 288 g/mol. The zero-order valence-electron chi connectivity index (χ0n) is 10.7. The van der Waals surface area contributed by atoms with Gasteiger partial charge in [-0.3, -0.25) is 0 Å². The molecule has 2 N–H and O–H groups in total. The van der Waals surface area contributed by atoms with E-state index in [1.54, 1.807) is 0 Å². The first kappa shape index (κ1) is 14.6. The number of urea groups is 1. The molecule has 2 amide bonds. The fraction of sp³-hybridized carbons (Fsp3) is 0.462. The van der Waals surface area contributed by atoms with E-state index < -0.39 is 11.7 Å². The highest BCUT2D eigenvalue weighted by Gasteiger charge is 2.33. The smallest absolute Gasteiger partial charge is 0.396 e. The van der Waals surface area contributed by atoms with Crippen molar-refractivity contribution in [3.8, 4) is 0 Å². The fourth-order valence-electron chi connectivity index (χ4n) is 2.23. The number of alkyl halides is 3. The predicted molar refractivity (Wildman–Crippen MR) is 66.0 cm³/mol.